The van der Waals surface area contributed by atoms with Gasteiger partial charge in [0.2, 0.25) is 0 Å². The molecule has 6 heterocycles. The van der Waals surface area contributed by atoms with Crippen LogP contribution in [0.4, 0.5) is 38.8 Å². The molecule has 2 aromatic carbocycles. The molecule has 3 fully saturated rings. The number of pyridine rings is 2. The summed E-state index contributed by atoms with van der Waals surface area (Å²) in [7, 11) is 5.04. The van der Waals surface area contributed by atoms with Gasteiger partial charge >= 0.3 is 24.4 Å². The van der Waals surface area contributed by atoms with E-state index in [1.165, 1.54) is 71.9 Å². The van der Waals surface area contributed by atoms with E-state index in [0.717, 1.165) is 35.5 Å². The van der Waals surface area contributed by atoms with Crippen LogP contribution < -0.4 is 20.1 Å². The zero-order valence-corrected chi connectivity index (χ0v) is 45.3. The zero-order valence-electron chi connectivity index (χ0n) is 44.6. The number of carbonyl (C=O) groups excluding carboxylic acids is 3. The van der Waals surface area contributed by atoms with Crippen LogP contribution in [0, 0.1) is 19.7 Å². The Kier molecular flexibility index (Phi) is 19.1. The van der Waals surface area contributed by atoms with Crippen molar-refractivity contribution in [3.8, 4) is 23.0 Å². The first-order valence-electron chi connectivity index (χ1n) is 25.4. The molecule has 3 aliphatic rings. The number of aromatic nitrogens is 4. The number of nitrogens with two attached hydrogens (primary N) is 1. The quantitative estimate of drug-likeness (QED) is 0.0979. The molecule has 2 unspecified atom stereocenters. The average Bonchev–Trinajstić information content (AvgIpc) is 4.06. The number of piperazine rings is 1. The predicted octanol–water partition coefficient (Wildman–Crippen LogP) is 10.4. The van der Waals surface area contributed by atoms with Gasteiger partial charge < -0.3 is 44.4 Å². The Balaban J connectivity index is 0.00000105. The van der Waals surface area contributed by atoms with Crippen molar-refractivity contribution >= 4 is 63.1 Å². The number of hydrogen-bond acceptors (Lipinski definition) is 13. The molecule has 2 atom stereocenters. The Labute approximate surface area is 441 Å². The maximum absolute atomic E-state index is 16.5. The zero-order chi connectivity index (χ0) is 55.1. The van der Waals surface area contributed by atoms with E-state index in [-0.39, 0.29) is 83.5 Å². The number of halogens is 5. The number of rotatable bonds is 11. The van der Waals surface area contributed by atoms with Gasteiger partial charge in [0.1, 0.15) is 29.5 Å². The fourth-order valence-electron chi connectivity index (χ4n) is 10.0. The summed E-state index contributed by atoms with van der Waals surface area (Å²) in [6, 6.07) is 6.65. The number of hydrogen-bond donors (Lipinski definition) is 1. The highest BCUT2D eigenvalue weighted by molar-refractivity contribution is 6.34. The van der Waals surface area contributed by atoms with E-state index in [4.69, 9.17) is 36.5 Å². The number of alkyl halides is 3. The molecule has 75 heavy (non-hydrogen) atoms. The number of amides is 3. The highest BCUT2D eigenvalue weighted by Crippen LogP contribution is 2.45. The van der Waals surface area contributed by atoms with E-state index in [2.05, 4.69) is 47.3 Å². The molecule has 0 bridgehead atoms. The Hall–Kier alpha value is -6.54. The monoisotopic (exact) mass is 1060 g/mol. The smallest absolute Gasteiger partial charge is 0.418 e. The van der Waals surface area contributed by atoms with Crippen molar-refractivity contribution < 1.29 is 46.2 Å². The first-order valence-corrected chi connectivity index (χ1v) is 25.8. The summed E-state index contributed by atoms with van der Waals surface area (Å²) in [5, 5.41) is 0.642. The molecule has 3 aliphatic heterocycles. The lowest BCUT2D eigenvalue weighted by Crippen LogP contribution is -2.54. The SMILES string of the molecule is C=C(COC(=O)N1CCCC1CN(C)C(=O)Oc1ccc2nc(C)c(CC)c(CC)c2c1)C(=O)N1CCN(c2nc(OC)nc3c(F)c(-c4nc(N)cc(C)c4C(F)(F)F)c(Cl)cc23)C(C)C1.CC.CN1CCCC1. The number of likely N-dealkylation sites (tertiary alicyclic amines) is 2. The van der Waals surface area contributed by atoms with Gasteiger partial charge in [0.25, 0.3) is 5.91 Å². The van der Waals surface area contributed by atoms with E-state index in [0.29, 0.717) is 25.1 Å². The molecule has 21 heteroatoms. The van der Waals surface area contributed by atoms with Gasteiger partial charge in [-0.1, -0.05) is 45.9 Å². The lowest BCUT2D eigenvalue weighted by atomic mass is 9.97. The number of fused-ring (bicyclic) bond motifs is 2. The number of nitrogen functional groups attached to an aromatic ring is 1. The number of aryl methyl sites for hydroxylation is 3. The van der Waals surface area contributed by atoms with Crippen molar-refractivity contribution in [2.75, 3.05) is 84.3 Å². The predicted molar refractivity (Wildman–Crippen MR) is 284 cm³/mol. The minimum atomic E-state index is -4.91. The van der Waals surface area contributed by atoms with Crippen LogP contribution in [0.2, 0.25) is 5.02 Å². The van der Waals surface area contributed by atoms with Crippen LogP contribution in [0.5, 0.6) is 11.8 Å². The third kappa shape index (κ3) is 12.9. The van der Waals surface area contributed by atoms with Gasteiger partial charge in [0, 0.05) is 67.9 Å². The second-order valence-electron chi connectivity index (χ2n) is 18.8. The van der Waals surface area contributed by atoms with E-state index < -0.39 is 52.9 Å². The van der Waals surface area contributed by atoms with E-state index in [1.807, 2.05) is 32.9 Å². The minimum absolute atomic E-state index is 0.0302. The Bertz CT molecular complexity index is 2920. The third-order valence-corrected chi connectivity index (χ3v) is 14.0. The van der Waals surface area contributed by atoms with Crippen molar-refractivity contribution in [2.45, 2.75) is 105 Å². The van der Waals surface area contributed by atoms with Gasteiger partial charge in [-0.05, 0) is 126 Å². The van der Waals surface area contributed by atoms with Crippen molar-refractivity contribution in [1.29, 1.82) is 0 Å². The molecule has 0 saturated carbocycles. The average molecular weight is 1070 g/mol. The maximum atomic E-state index is 16.5. The summed E-state index contributed by atoms with van der Waals surface area (Å²) in [5.74, 6) is -1.34. The summed E-state index contributed by atoms with van der Waals surface area (Å²) in [6.07, 6.45) is -0.355. The standard InChI is InChI=1S/C47H52ClF4N9O6.C5H11N.C2H6/c1-9-30-27(6)54-35-14-13-29(19-32(35)31(30)10-2)67-45(63)58(7)22-28-12-11-15-61(28)46(64)66-23-25(4)43(62)59-16-17-60(26(5)21-59)42-33-20-34(48)37(39(49)40(33)56-44(57-42)65-8)41-38(47(50,51)52)24(3)18-36(53)55-41;1-6-4-2-3-5-6;1-2/h13-14,18-20,26,28H,4,9-12,15-17,21-23H2,1-3,5-8H3,(H2,53,55);2-5H2,1H3;1-2H3. The van der Waals surface area contributed by atoms with E-state index in [9.17, 15) is 27.6 Å². The molecule has 5 aromatic rings. The van der Waals surface area contributed by atoms with E-state index >= 15 is 4.39 Å². The van der Waals surface area contributed by atoms with Crippen LogP contribution in [0.25, 0.3) is 33.1 Å². The Morgan fingerprint density at radius 3 is 2.24 bits per heavy atom. The molecule has 0 radical (unpaired) electrons. The normalized spacial score (nSPS) is 16.8. The molecule has 0 spiro atoms. The molecular weight excluding hydrogens is 996 g/mol. The van der Waals surface area contributed by atoms with Crippen molar-refractivity contribution in [3.63, 3.8) is 0 Å². The molecule has 3 amide bonds. The van der Waals surface area contributed by atoms with Crippen LogP contribution in [0.15, 0.2) is 42.5 Å². The summed E-state index contributed by atoms with van der Waals surface area (Å²) >= 11 is 6.57. The second kappa shape index (κ2) is 24.9. The lowest BCUT2D eigenvalue weighted by Gasteiger charge is -2.41. The number of methoxy groups -OCH3 is 1. The Morgan fingerprint density at radius 2 is 1.63 bits per heavy atom. The fraction of sp³-hybridized carbons (Fsp3) is 0.500. The highest BCUT2D eigenvalue weighted by Gasteiger charge is 2.39. The van der Waals surface area contributed by atoms with Gasteiger partial charge in [-0.2, -0.15) is 23.1 Å². The van der Waals surface area contributed by atoms with Crippen molar-refractivity contribution in [3.05, 3.63) is 81.3 Å². The largest absolute Gasteiger partial charge is 0.467 e. The minimum Gasteiger partial charge on any atom is -0.467 e. The van der Waals surface area contributed by atoms with Gasteiger partial charge in [-0.3, -0.25) is 9.78 Å². The molecule has 2 N–H and O–H groups in total. The van der Waals surface area contributed by atoms with Gasteiger partial charge in [0.15, 0.2) is 5.82 Å². The second-order valence-corrected chi connectivity index (χ2v) is 19.2. The summed E-state index contributed by atoms with van der Waals surface area (Å²) < 4.78 is 76.0. The van der Waals surface area contributed by atoms with Crippen LogP contribution in [0.1, 0.15) is 88.2 Å². The number of likely N-dealkylation sites (N-methyl/N-ethyl adjacent to an activating group) is 1. The molecule has 8 rings (SSSR count). The topological polar surface area (TPSA) is 173 Å². The van der Waals surface area contributed by atoms with Crippen molar-refractivity contribution in [1.82, 2.24) is 39.5 Å². The van der Waals surface area contributed by atoms with Crippen molar-refractivity contribution in [2.24, 2.45) is 0 Å². The maximum Gasteiger partial charge on any atom is 0.418 e. The molecule has 406 valence electrons. The third-order valence-electron chi connectivity index (χ3n) is 13.7. The van der Waals surface area contributed by atoms with Crippen LogP contribution in [0.3, 0.4) is 0 Å². The molecule has 3 aromatic heterocycles. The molecular formula is C54H69ClF4N10O6. The summed E-state index contributed by atoms with van der Waals surface area (Å²) in [5.41, 5.74) is 6.77. The number of anilines is 2. The summed E-state index contributed by atoms with van der Waals surface area (Å²) in [6.45, 7) is 20.4. The summed E-state index contributed by atoms with van der Waals surface area (Å²) in [4.78, 5) is 66.2. The van der Waals surface area contributed by atoms with Crippen LogP contribution in [-0.4, -0.2) is 143 Å². The first kappa shape index (κ1) is 57.7. The Morgan fingerprint density at radius 1 is 0.933 bits per heavy atom. The van der Waals surface area contributed by atoms with Gasteiger partial charge in [-0.15, -0.1) is 0 Å². The van der Waals surface area contributed by atoms with Crippen LogP contribution >= 0.6 is 11.6 Å². The number of benzene rings is 2. The van der Waals surface area contributed by atoms with Crippen LogP contribution in [-0.2, 0) is 28.5 Å². The fourth-order valence-corrected chi connectivity index (χ4v) is 10.3. The number of carbonyl (C=O) groups is 3. The molecule has 3 saturated heterocycles. The first-order chi connectivity index (χ1) is 35.6. The van der Waals surface area contributed by atoms with E-state index in [1.54, 1.807) is 24.9 Å². The number of nitrogens with zero attached hydrogens (tertiary/aromatic N) is 9. The van der Waals surface area contributed by atoms with Gasteiger partial charge in [0.05, 0.1) is 40.5 Å². The molecule has 16 nitrogen and oxygen atoms in total. The van der Waals surface area contributed by atoms with Gasteiger partial charge in [-0.25, -0.2) is 19.0 Å². The lowest BCUT2D eigenvalue weighted by molar-refractivity contribution is -0.137. The molecule has 0 aliphatic carbocycles. The number of ether oxygens (including phenoxy) is 3. The highest BCUT2D eigenvalue weighted by atomic mass is 35.5.